The van der Waals surface area contributed by atoms with Crippen LogP contribution in [0.4, 0.5) is 4.39 Å². The van der Waals surface area contributed by atoms with E-state index in [1.165, 1.54) is 6.07 Å². The monoisotopic (exact) mass is 343 g/mol. The highest BCUT2D eigenvalue weighted by molar-refractivity contribution is 5.79. The van der Waals surface area contributed by atoms with E-state index in [0.717, 1.165) is 54.9 Å². The topological polar surface area (TPSA) is 38.1 Å². The van der Waals surface area contributed by atoms with Crippen LogP contribution in [0, 0.1) is 25.6 Å². The van der Waals surface area contributed by atoms with Gasteiger partial charge in [0.1, 0.15) is 5.82 Å². The van der Waals surface area contributed by atoms with Gasteiger partial charge in [-0.3, -0.25) is 9.48 Å². The maximum absolute atomic E-state index is 13.3. The Morgan fingerprint density at radius 2 is 2.00 bits per heavy atom. The number of nitrogens with zero attached hydrogens (tertiary/aromatic N) is 3. The van der Waals surface area contributed by atoms with E-state index < -0.39 is 0 Å². The van der Waals surface area contributed by atoms with Gasteiger partial charge in [-0.15, -0.1) is 0 Å². The van der Waals surface area contributed by atoms with Crippen molar-refractivity contribution in [1.29, 1.82) is 0 Å². The molecule has 0 N–H and O–H groups in total. The third kappa shape index (κ3) is 4.09. The van der Waals surface area contributed by atoms with Gasteiger partial charge in [0.15, 0.2) is 0 Å². The number of halogens is 1. The minimum atomic E-state index is -0.174. The molecule has 25 heavy (non-hydrogen) atoms. The molecule has 0 spiro atoms. The molecule has 1 fully saturated rings. The number of rotatable bonds is 4. The smallest absolute Gasteiger partial charge is 0.227 e. The summed E-state index contributed by atoms with van der Waals surface area (Å²) < 4.78 is 15.1. The number of benzene rings is 1. The fourth-order valence-corrected chi connectivity index (χ4v) is 3.72. The molecule has 1 saturated heterocycles. The predicted molar refractivity (Wildman–Crippen MR) is 95.8 cm³/mol. The number of piperidine rings is 1. The second kappa shape index (κ2) is 7.38. The first-order valence-electron chi connectivity index (χ1n) is 8.95. The van der Waals surface area contributed by atoms with Crippen molar-refractivity contribution < 1.29 is 9.18 Å². The second-order valence-electron chi connectivity index (χ2n) is 7.11. The minimum absolute atomic E-state index is 0.174. The molecule has 3 rings (SSSR count). The van der Waals surface area contributed by atoms with E-state index >= 15 is 0 Å². The van der Waals surface area contributed by atoms with Gasteiger partial charge in [-0.25, -0.2) is 4.39 Å². The number of aryl methyl sites for hydroxylation is 2. The standard InChI is InChI=1S/C20H26FN3O/c1-14-19(15(2)23(3)22-14)13-20(25)24-9-7-16(8-10-24)11-17-5-4-6-18(21)12-17/h4-6,12,16H,7-11,13H2,1-3H3. The average molecular weight is 343 g/mol. The van der Waals surface area contributed by atoms with Crippen LogP contribution in [0.25, 0.3) is 0 Å². The van der Waals surface area contributed by atoms with Crippen LogP contribution in [0.2, 0.25) is 0 Å². The molecule has 134 valence electrons. The Morgan fingerprint density at radius 3 is 2.60 bits per heavy atom. The summed E-state index contributed by atoms with van der Waals surface area (Å²) in [7, 11) is 1.91. The number of aromatic nitrogens is 2. The third-order valence-corrected chi connectivity index (χ3v) is 5.37. The zero-order valence-electron chi connectivity index (χ0n) is 15.3. The summed E-state index contributed by atoms with van der Waals surface area (Å²) in [4.78, 5) is 14.6. The summed E-state index contributed by atoms with van der Waals surface area (Å²) in [5.41, 5.74) is 4.10. The summed E-state index contributed by atoms with van der Waals surface area (Å²) in [6.07, 6.45) is 3.28. The SMILES string of the molecule is Cc1nn(C)c(C)c1CC(=O)N1CCC(Cc2cccc(F)c2)CC1. The summed E-state index contributed by atoms with van der Waals surface area (Å²) in [5, 5.41) is 4.39. The summed E-state index contributed by atoms with van der Waals surface area (Å²) >= 11 is 0. The molecule has 1 aliphatic heterocycles. The van der Waals surface area contributed by atoms with Gasteiger partial charge in [0.25, 0.3) is 0 Å². The highest BCUT2D eigenvalue weighted by Crippen LogP contribution is 2.23. The van der Waals surface area contributed by atoms with Crippen LogP contribution in [-0.4, -0.2) is 33.7 Å². The Bertz CT molecular complexity index is 760. The maximum atomic E-state index is 13.3. The molecule has 1 amide bonds. The molecular formula is C20H26FN3O. The normalized spacial score (nSPS) is 15.6. The van der Waals surface area contributed by atoms with Crippen molar-refractivity contribution in [2.24, 2.45) is 13.0 Å². The molecule has 0 bridgehead atoms. The molecule has 5 heteroatoms. The number of amides is 1. The van der Waals surface area contributed by atoms with E-state index in [-0.39, 0.29) is 11.7 Å². The van der Waals surface area contributed by atoms with E-state index in [2.05, 4.69) is 5.10 Å². The number of likely N-dealkylation sites (tertiary alicyclic amines) is 1. The Balaban J connectivity index is 1.54. The lowest BCUT2D eigenvalue weighted by Gasteiger charge is -2.32. The van der Waals surface area contributed by atoms with E-state index in [0.29, 0.717) is 12.3 Å². The van der Waals surface area contributed by atoms with Gasteiger partial charge < -0.3 is 4.90 Å². The van der Waals surface area contributed by atoms with Gasteiger partial charge >= 0.3 is 0 Å². The van der Waals surface area contributed by atoms with Gasteiger partial charge in [0.2, 0.25) is 5.91 Å². The zero-order chi connectivity index (χ0) is 18.0. The van der Waals surface area contributed by atoms with Crippen LogP contribution < -0.4 is 0 Å². The zero-order valence-corrected chi connectivity index (χ0v) is 15.3. The van der Waals surface area contributed by atoms with Crippen molar-refractivity contribution in [1.82, 2.24) is 14.7 Å². The van der Waals surface area contributed by atoms with Crippen molar-refractivity contribution in [3.63, 3.8) is 0 Å². The van der Waals surface area contributed by atoms with Gasteiger partial charge in [-0.2, -0.15) is 5.10 Å². The highest BCUT2D eigenvalue weighted by atomic mass is 19.1. The molecular weight excluding hydrogens is 317 g/mol. The van der Waals surface area contributed by atoms with Gasteiger partial charge in [-0.1, -0.05) is 12.1 Å². The van der Waals surface area contributed by atoms with Crippen LogP contribution in [0.15, 0.2) is 24.3 Å². The lowest BCUT2D eigenvalue weighted by atomic mass is 9.90. The van der Waals surface area contributed by atoms with Crippen LogP contribution in [0.1, 0.15) is 35.4 Å². The van der Waals surface area contributed by atoms with Crippen molar-refractivity contribution in [2.75, 3.05) is 13.1 Å². The molecule has 1 aromatic heterocycles. The van der Waals surface area contributed by atoms with Gasteiger partial charge in [0, 0.05) is 31.4 Å². The molecule has 0 aliphatic carbocycles. The fourth-order valence-electron chi connectivity index (χ4n) is 3.72. The molecule has 0 unspecified atom stereocenters. The third-order valence-electron chi connectivity index (χ3n) is 5.37. The first-order valence-corrected chi connectivity index (χ1v) is 8.95. The largest absolute Gasteiger partial charge is 0.342 e. The molecule has 0 saturated carbocycles. The molecule has 2 aromatic rings. The average Bonchev–Trinajstić information content (AvgIpc) is 2.82. The first-order chi connectivity index (χ1) is 11.9. The summed E-state index contributed by atoms with van der Waals surface area (Å²) in [5.74, 6) is 0.531. The molecule has 1 aromatic carbocycles. The minimum Gasteiger partial charge on any atom is -0.342 e. The number of hydrogen-bond acceptors (Lipinski definition) is 2. The van der Waals surface area contributed by atoms with Crippen LogP contribution in [0.3, 0.4) is 0 Å². The quantitative estimate of drug-likeness (QED) is 0.855. The number of carbonyl (C=O) groups excluding carboxylic acids is 1. The molecule has 0 atom stereocenters. The molecule has 4 nitrogen and oxygen atoms in total. The van der Waals surface area contributed by atoms with E-state index in [1.807, 2.05) is 36.5 Å². The Hall–Kier alpha value is -2.17. The fraction of sp³-hybridized carbons (Fsp3) is 0.500. The van der Waals surface area contributed by atoms with Crippen molar-refractivity contribution in [3.8, 4) is 0 Å². The van der Waals surface area contributed by atoms with Crippen LogP contribution in [0.5, 0.6) is 0 Å². The molecule has 0 radical (unpaired) electrons. The first kappa shape index (κ1) is 17.6. The van der Waals surface area contributed by atoms with E-state index in [9.17, 15) is 9.18 Å². The predicted octanol–water partition coefficient (Wildman–Crippen LogP) is 3.20. The second-order valence-corrected chi connectivity index (χ2v) is 7.11. The molecule has 1 aliphatic rings. The summed E-state index contributed by atoms with van der Waals surface area (Å²) in [6.45, 7) is 5.54. The van der Waals surface area contributed by atoms with E-state index in [4.69, 9.17) is 0 Å². The number of hydrogen-bond donors (Lipinski definition) is 0. The lowest BCUT2D eigenvalue weighted by molar-refractivity contribution is -0.131. The van der Waals surface area contributed by atoms with Gasteiger partial charge in [0.05, 0.1) is 12.1 Å². The van der Waals surface area contributed by atoms with Crippen molar-refractivity contribution in [2.45, 2.75) is 39.5 Å². The Morgan fingerprint density at radius 1 is 1.28 bits per heavy atom. The number of carbonyl (C=O) groups is 1. The van der Waals surface area contributed by atoms with E-state index in [1.54, 1.807) is 12.1 Å². The van der Waals surface area contributed by atoms with Crippen LogP contribution >= 0.6 is 0 Å². The van der Waals surface area contributed by atoms with Crippen molar-refractivity contribution >= 4 is 5.91 Å². The van der Waals surface area contributed by atoms with Crippen molar-refractivity contribution in [3.05, 3.63) is 52.6 Å². The Labute approximate surface area is 148 Å². The highest BCUT2D eigenvalue weighted by Gasteiger charge is 2.24. The molecule has 2 heterocycles. The maximum Gasteiger partial charge on any atom is 0.227 e. The summed E-state index contributed by atoms with van der Waals surface area (Å²) in [6, 6.07) is 6.84. The van der Waals surface area contributed by atoms with Gasteiger partial charge in [-0.05, 0) is 56.7 Å². The van der Waals surface area contributed by atoms with Crippen LogP contribution in [-0.2, 0) is 24.7 Å². The Kier molecular flexibility index (Phi) is 5.21. The lowest BCUT2D eigenvalue weighted by Crippen LogP contribution is -2.39.